The molecule has 1 atom stereocenters. The highest BCUT2D eigenvalue weighted by Gasteiger charge is 2.27. The van der Waals surface area contributed by atoms with Crippen molar-refractivity contribution in [1.29, 1.82) is 5.26 Å². The lowest BCUT2D eigenvalue weighted by atomic mass is 9.90. The topological polar surface area (TPSA) is 72.1 Å². The van der Waals surface area contributed by atoms with Gasteiger partial charge in [0.2, 0.25) is 13.0 Å². The van der Waals surface area contributed by atoms with Crippen LogP contribution < -0.4 is 14.8 Å². The fourth-order valence-electron chi connectivity index (χ4n) is 2.57. The third kappa shape index (κ3) is 1.47. The van der Waals surface area contributed by atoms with E-state index in [0.717, 1.165) is 22.6 Å². The molecule has 1 aromatic carbocycles. The monoisotopic (exact) mass is 266 g/mol. The largest absolute Gasteiger partial charge is 0.454 e. The van der Waals surface area contributed by atoms with Gasteiger partial charge in [0.25, 0.3) is 0 Å². The zero-order chi connectivity index (χ0) is 13.5. The number of fused-ring (bicyclic) bond motifs is 2. The summed E-state index contributed by atoms with van der Waals surface area (Å²) in [5.41, 5.74) is 1.95. The third-order valence-electron chi connectivity index (χ3n) is 3.45. The number of nitriles is 1. The predicted octanol–water partition coefficient (Wildman–Crippen LogP) is 2.01. The van der Waals surface area contributed by atoms with Gasteiger partial charge in [-0.3, -0.25) is 0 Å². The number of hydrogen-bond acceptors (Lipinski definition) is 5. The second kappa shape index (κ2) is 4.03. The number of ether oxygens (including phenoxy) is 2. The number of benzene rings is 1. The fraction of sp³-hybridized carbons (Fsp3) is 0.143. The normalized spacial score (nSPS) is 18.2. The Kier molecular flexibility index (Phi) is 2.20. The van der Waals surface area contributed by atoms with Gasteiger partial charge in [-0.2, -0.15) is 9.94 Å². The summed E-state index contributed by atoms with van der Waals surface area (Å²) < 4.78 is 12.2. The first kappa shape index (κ1) is 10.9. The van der Waals surface area contributed by atoms with E-state index >= 15 is 0 Å². The second-order valence-corrected chi connectivity index (χ2v) is 4.54. The van der Waals surface area contributed by atoms with Gasteiger partial charge in [0.05, 0.1) is 0 Å². The Balaban J connectivity index is 1.86. The molecule has 20 heavy (non-hydrogen) atoms. The molecule has 0 fully saturated rings. The summed E-state index contributed by atoms with van der Waals surface area (Å²) >= 11 is 0. The van der Waals surface area contributed by atoms with Crippen molar-refractivity contribution in [2.24, 2.45) is 0 Å². The molecule has 6 nitrogen and oxygen atoms in total. The third-order valence-corrected chi connectivity index (χ3v) is 3.45. The van der Waals surface area contributed by atoms with Crippen LogP contribution >= 0.6 is 0 Å². The number of aromatic nitrogens is 2. The van der Waals surface area contributed by atoms with E-state index in [2.05, 4.69) is 10.4 Å². The Morgan fingerprint density at radius 3 is 3.20 bits per heavy atom. The highest BCUT2D eigenvalue weighted by Crippen LogP contribution is 2.44. The first-order valence-corrected chi connectivity index (χ1v) is 6.18. The minimum absolute atomic E-state index is 0.00926. The van der Waals surface area contributed by atoms with Crippen LogP contribution in [0.1, 0.15) is 17.0 Å². The molecule has 1 N–H and O–H groups in total. The van der Waals surface area contributed by atoms with Crippen LogP contribution in [0.25, 0.3) is 0 Å². The van der Waals surface area contributed by atoms with Crippen LogP contribution in [0, 0.1) is 11.5 Å². The fourth-order valence-corrected chi connectivity index (χ4v) is 2.57. The maximum absolute atomic E-state index is 8.96. The Hall–Kier alpha value is -2.94. The molecule has 0 spiro atoms. The molecular formula is C14H10N4O2. The summed E-state index contributed by atoms with van der Waals surface area (Å²) in [5.74, 6) is 2.20. The maximum atomic E-state index is 8.96. The van der Waals surface area contributed by atoms with E-state index in [4.69, 9.17) is 14.7 Å². The zero-order valence-corrected chi connectivity index (χ0v) is 10.4. The first-order chi connectivity index (χ1) is 9.86. The lowest BCUT2D eigenvalue weighted by molar-refractivity contribution is 0.173. The molecule has 0 saturated heterocycles. The van der Waals surface area contributed by atoms with Gasteiger partial charge < -0.3 is 14.8 Å². The van der Waals surface area contributed by atoms with Crippen molar-refractivity contribution in [2.45, 2.75) is 5.92 Å². The number of nitrogens with zero attached hydrogens (tertiary/aromatic N) is 3. The van der Waals surface area contributed by atoms with E-state index in [1.54, 1.807) is 6.20 Å². The number of hydrogen-bond donors (Lipinski definition) is 1. The van der Waals surface area contributed by atoms with Gasteiger partial charge in [-0.1, -0.05) is 18.2 Å². The average Bonchev–Trinajstić information content (AvgIpc) is 3.12. The molecule has 0 amide bonds. The summed E-state index contributed by atoms with van der Waals surface area (Å²) in [6.07, 6.45) is 7.57. The van der Waals surface area contributed by atoms with Crippen LogP contribution in [0.2, 0.25) is 0 Å². The Labute approximate surface area is 114 Å². The van der Waals surface area contributed by atoms with Crippen molar-refractivity contribution in [1.82, 2.24) is 9.78 Å². The summed E-state index contributed by atoms with van der Waals surface area (Å²) in [6, 6.07) is 5.82. The van der Waals surface area contributed by atoms with Gasteiger partial charge in [0, 0.05) is 23.2 Å². The van der Waals surface area contributed by atoms with E-state index in [9.17, 15) is 0 Å². The van der Waals surface area contributed by atoms with E-state index in [1.165, 1.54) is 4.68 Å². The number of allylic oxidation sites excluding steroid dienone is 1. The average molecular weight is 266 g/mol. The summed E-state index contributed by atoms with van der Waals surface area (Å²) in [7, 11) is 0. The minimum Gasteiger partial charge on any atom is -0.454 e. The van der Waals surface area contributed by atoms with Crippen molar-refractivity contribution in [2.75, 3.05) is 12.1 Å². The van der Waals surface area contributed by atoms with Gasteiger partial charge in [-0.15, -0.1) is 5.10 Å². The molecule has 2 aromatic rings. The van der Waals surface area contributed by atoms with Crippen molar-refractivity contribution >= 4 is 5.82 Å². The first-order valence-electron chi connectivity index (χ1n) is 6.18. The maximum Gasteiger partial charge on any atom is 0.231 e. The molecule has 4 rings (SSSR count). The molecule has 1 unspecified atom stereocenters. The molecule has 0 radical (unpaired) electrons. The standard InChI is InChI=1S/C14H10N4O2/c15-7-18-6-11-9(4-5-16-14(11)17-18)10-2-1-3-12-13(10)20-8-19-12/h1-6,9H,8H2,(H,16,17). The number of para-hydroxylation sites is 1. The molecule has 0 bridgehead atoms. The lowest BCUT2D eigenvalue weighted by Gasteiger charge is -2.18. The minimum atomic E-state index is -0.00926. The molecule has 0 aliphatic carbocycles. The van der Waals surface area contributed by atoms with Crippen molar-refractivity contribution in [3.05, 3.63) is 47.8 Å². The summed E-state index contributed by atoms with van der Waals surface area (Å²) in [4.78, 5) is 0. The van der Waals surface area contributed by atoms with Crippen LogP contribution in [-0.4, -0.2) is 16.6 Å². The summed E-state index contributed by atoms with van der Waals surface area (Å²) in [5, 5.41) is 16.2. The molecular weight excluding hydrogens is 256 g/mol. The van der Waals surface area contributed by atoms with E-state index < -0.39 is 0 Å². The Morgan fingerprint density at radius 2 is 2.30 bits per heavy atom. The quantitative estimate of drug-likeness (QED) is 0.854. The number of rotatable bonds is 1. The lowest BCUT2D eigenvalue weighted by Crippen LogP contribution is -2.07. The van der Waals surface area contributed by atoms with Gasteiger partial charge >= 0.3 is 0 Å². The Bertz CT molecular complexity index is 757. The molecule has 0 saturated carbocycles. The van der Waals surface area contributed by atoms with Gasteiger partial charge in [-0.05, 0) is 12.3 Å². The van der Waals surface area contributed by atoms with E-state index in [0.29, 0.717) is 5.82 Å². The molecule has 2 aliphatic heterocycles. The van der Waals surface area contributed by atoms with Crippen LogP contribution in [-0.2, 0) is 0 Å². The van der Waals surface area contributed by atoms with Crippen molar-refractivity contribution in [3.8, 4) is 17.7 Å². The Morgan fingerprint density at radius 1 is 1.35 bits per heavy atom. The molecule has 6 heteroatoms. The van der Waals surface area contributed by atoms with E-state index in [1.807, 2.05) is 36.7 Å². The highest BCUT2D eigenvalue weighted by molar-refractivity contribution is 5.61. The van der Waals surface area contributed by atoms with Crippen molar-refractivity contribution < 1.29 is 9.47 Å². The highest BCUT2D eigenvalue weighted by atomic mass is 16.7. The molecule has 98 valence electrons. The summed E-state index contributed by atoms with van der Waals surface area (Å²) in [6.45, 7) is 0.241. The molecule has 1 aromatic heterocycles. The van der Waals surface area contributed by atoms with Crippen LogP contribution in [0.3, 0.4) is 0 Å². The zero-order valence-electron chi connectivity index (χ0n) is 10.4. The number of anilines is 1. The molecule has 2 aliphatic rings. The van der Waals surface area contributed by atoms with Crippen LogP contribution in [0.4, 0.5) is 5.82 Å². The van der Waals surface area contributed by atoms with Crippen molar-refractivity contribution in [3.63, 3.8) is 0 Å². The predicted molar refractivity (Wildman–Crippen MR) is 70.4 cm³/mol. The SMILES string of the molecule is N#Cn1cc2c(n1)NC=CC2c1cccc2c1OCO2. The number of nitrogens with one attached hydrogen (secondary N) is 1. The van der Waals surface area contributed by atoms with Crippen LogP contribution in [0.5, 0.6) is 11.5 Å². The second-order valence-electron chi connectivity index (χ2n) is 4.54. The van der Waals surface area contributed by atoms with E-state index in [-0.39, 0.29) is 12.7 Å². The molecule has 3 heterocycles. The smallest absolute Gasteiger partial charge is 0.231 e. The van der Waals surface area contributed by atoms with Gasteiger partial charge in [0.15, 0.2) is 17.3 Å². The van der Waals surface area contributed by atoms with Crippen LogP contribution in [0.15, 0.2) is 36.7 Å². The van der Waals surface area contributed by atoms with Gasteiger partial charge in [-0.25, -0.2) is 0 Å². The van der Waals surface area contributed by atoms with Gasteiger partial charge in [0.1, 0.15) is 0 Å².